The first-order valence-corrected chi connectivity index (χ1v) is 11.8. The molecule has 1 aliphatic heterocycles. The van der Waals surface area contributed by atoms with Gasteiger partial charge in [0.05, 0.1) is 11.3 Å². The van der Waals surface area contributed by atoms with Gasteiger partial charge in [0.25, 0.3) is 0 Å². The number of aliphatic imine (C=N–C) groups is 2. The first-order valence-electron chi connectivity index (χ1n) is 10.4. The Morgan fingerprint density at radius 3 is 2.50 bits per heavy atom. The number of carbonyl (C=O) groups excluding carboxylic acids is 5. The molecule has 36 heavy (non-hydrogen) atoms. The second-order valence-electron chi connectivity index (χ2n) is 7.85. The maximum absolute atomic E-state index is 13.3. The number of ketones is 3. The van der Waals surface area contributed by atoms with Crippen LogP contribution in [0.5, 0.6) is 0 Å². The van der Waals surface area contributed by atoms with Crippen molar-refractivity contribution in [1.82, 2.24) is 5.32 Å². The van der Waals surface area contributed by atoms with E-state index in [1.807, 2.05) is 0 Å². The van der Waals surface area contributed by atoms with Gasteiger partial charge in [-0.1, -0.05) is 30.3 Å². The van der Waals surface area contributed by atoms with Crippen LogP contribution in [0.4, 0.5) is 4.79 Å². The number of benzene rings is 1. The molecule has 1 fully saturated rings. The van der Waals surface area contributed by atoms with Crippen molar-refractivity contribution in [3.8, 4) is 0 Å². The van der Waals surface area contributed by atoms with E-state index in [4.69, 9.17) is 22.4 Å². The van der Waals surface area contributed by atoms with Crippen molar-refractivity contribution in [2.24, 2.45) is 21.6 Å². The molecule has 2 amide bonds. The van der Waals surface area contributed by atoms with Gasteiger partial charge in [-0.25, -0.2) is 9.79 Å². The van der Waals surface area contributed by atoms with E-state index in [1.165, 1.54) is 12.1 Å². The lowest BCUT2D eigenvalue weighted by atomic mass is 9.83. The molecule has 3 aliphatic rings. The minimum absolute atomic E-state index is 0.307. The third-order valence-electron chi connectivity index (χ3n) is 5.59. The number of thioether (sulfide) groups is 1. The van der Waals surface area contributed by atoms with Crippen LogP contribution in [0, 0.1) is 5.92 Å². The van der Waals surface area contributed by atoms with Gasteiger partial charge >= 0.3 is 6.16 Å². The lowest BCUT2D eigenvalue weighted by Crippen LogP contribution is -2.67. The number of nitrogens with zero attached hydrogens (tertiary/aromatic N) is 2. The van der Waals surface area contributed by atoms with Crippen molar-refractivity contribution in [3.63, 3.8) is 0 Å². The molecule has 1 heterocycles. The average Bonchev–Trinajstić information content (AvgIpc) is 2.84. The van der Waals surface area contributed by atoms with Gasteiger partial charge in [-0.15, -0.1) is 23.4 Å². The van der Waals surface area contributed by atoms with Gasteiger partial charge in [-0.05, 0) is 17.7 Å². The highest BCUT2D eigenvalue weighted by atomic mass is 35.5. The highest BCUT2D eigenvalue weighted by Crippen LogP contribution is 2.40. The highest BCUT2D eigenvalue weighted by Gasteiger charge is 2.55. The molecule has 0 bridgehead atoms. The summed E-state index contributed by atoms with van der Waals surface area (Å²) in [4.78, 5) is 81.7. The molecule has 0 radical (unpaired) electrons. The zero-order valence-electron chi connectivity index (χ0n) is 18.1. The Kier molecular flexibility index (Phi) is 7.04. The number of rotatable bonds is 5. The molecular weight excluding hydrogens is 516 g/mol. The zero-order chi connectivity index (χ0) is 26.1. The van der Waals surface area contributed by atoms with Gasteiger partial charge in [0, 0.05) is 0 Å². The number of allylic oxidation sites excluding steroid dienone is 2. The predicted molar refractivity (Wildman–Crippen MR) is 127 cm³/mol. The first-order chi connectivity index (χ1) is 17.1. The topological polar surface area (TPSA) is 195 Å². The maximum Gasteiger partial charge on any atom is 0.512 e. The molecule has 4 rings (SSSR count). The van der Waals surface area contributed by atoms with Gasteiger partial charge in [0.15, 0.2) is 22.3 Å². The van der Waals surface area contributed by atoms with Crippen LogP contribution in [-0.2, 0) is 28.7 Å². The number of ether oxygens (including phenoxy) is 1. The van der Waals surface area contributed by atoms with Gasteiger partial charge in [-0.3, -0.25) is 29.0 Å². The number of nitrogens with two attached hydrogens (primary N) is 1. The lowest BCUT2D eigenvalue weighted by Gasteiger charge is -2.43. The normalized spacial score (nSPS) is 29.0. The minimum atomic E-state index is -1.66. The number of amides is 2. The molecule has 1 saturated carbocycles. The molecule has 12 nitrogen and oxygen atoms in total. The van der Waals surface area contributed by atoms with Crippen molar-refractivity contribution >= 4 is 70.3 Å². The Morgan fingerprint density at radius 2 is 1.86 bits per heavy atom. The molecule has 1 aromatic rings. The van der Waals surface area contributed by atoms with Crippen molar-refractivity contribution in [2.45, 2.75) is 28.1 Å². The Hall–Kier alpha value is -3.84. The smallest absolute Gasteiger partial charge is 0.449 e. The number of halogens is 1. The van der Waals surface area contributed by atoms with Crippen LogP contribution in [-0.4, -0.2) is 74.1 Å². The summed E-state index contributed by atoms with van der Waals surface area (Å²) in [6.45, 7) is 0. The van der Waals surface area contributed by atoms with E-state index in [2.05, 4.69) is 20.0 Å². The summed E-state index contributed by atoms with van der Waals surface area (Å²) in [6, 6.07) is 4.55. The summed E-state index contributed by atoms with van der Waals surface area (Å²) < 4.78 is 3.57. The quantitative estimate of drug-likeness (QED) is 0.269. The molecular formula is C22H17ClN4O8S. The molecule has 6 atom stereocenters. The molecule has 6 unspecified atom stereocenters. The van der Waals surface area contributed by atoms with E-state index in [0.717, 1.165) is 23.9 Å². The number of carboxylic acid groups (broad SMARTS) is 1. The number of Topliss-reactive ketones (excluding diaryl/α,β-unsaturated/α-hetero) is 1. The van der Waals surface area contributed by atoms with Crippen LogP contribution >= 0.6 is 23.4 Å². The van der Waals surface area contributed by atoms with Crippen LogP contribution in [0.1, 0.15) is 11.6 Å². The van der Waals surface area contributed by atoms with Gasteiger partial charge in [0.1, 0.15) is 17.7 Å². The van der Waals surface area contributed by atoms with Crippen LogP contribution in [0.25, 0.3) is 0 Å². The number of carbonyl (C=O) groups is 6. The molecule has 1 aromatic carbocycles. The van der Waals surface area contributed by atoms with Crippen molar-refractivity contribution in [2.75, 3.05) is 0 Å². The van der Waals surface area contributed by atoms with Crippen LogP contribution in [0.3, 0.4) is 0 Å². The molecule has 0 saturated heterocycles. The number of primary amides is 1. The van der Waals surface area contributed by atoms with Gasteiger partial charge in [0.2, 0.25) is 23.5 Å². The number of nitrogens with one attached hydrogen (secondary N) is 1. The summed E-state index contributed by atoms with van der Waals surface area (Å²) >= 11 is 6.97. The Morgan fingerprint density at radius 1 is 1.17 bits per heavy atom. The Bertz CT molecular complexity index is 1260. The second-order valence-corrected chi connectivity index (χ2v) is 9.80. The summed E-state index contributed by atoms with van der Waals surface area (Å²) in [6.07, 6.45) is 0.219. The highest BCUT2D eigenvalue weighted by molar-refractivity contribution is 8.03. The summed E-state index contributed by atoms with van der Waals surface area (Å²) in [5, 5.41) is 10.7. The van der Waals surface area contributed by atoms with Crippen molar-refractivity contribution in [3.05, 3.63) is 48.0 Å². The fourth-order valence-corrected chi connectivity index (χ4v) is 5.47. The lowest BCUT2D eigenvalue weighted by molar-refractivity contribution is -0.133. The Balaban J connectivity index is 1.65. The Labute approximate surface area is 212 Å². The van der Waals surface area contributed by atoms with E-state index in [9.17, 15) is 28.8 Å². The van der Waals surface area contributed by atoms with E-state index < -0.39 is 75.0 Å². The fraction of sp³-hybridized carbons (Fsp3) is 0.273. The fourth-order valence-electron chi connectivity index (χ4n) is 3.89. The molecule has 2 aliphatic carbocycles. The molecule has 0 aromatic heterocycles. The number of alkyl halides is 1. The summed E-state index contributed by atoms with van der Waals surface area (Å²) in [5.41, 5.74) is 5.12. The molecule has 0 spiro atoms. The van der Waals surface area contributed by atoms with Gasteiger partial charge < -0.3 is 20.9 Å². The number of hydrogen-bond donors (Lipinski definition) is 3. The van der Waals surface area contributed by atoms with Crippen LogP contribution in [0.2, 0.25) is 0 Å². The maximum atomic E-state index is 13.3. The van der Waals surface area contributed by atoms with E-state index in [0.29, 0.717) is 5.56 Å². The van der Waals surface area contributed by atoms with Crippen LogP contribution < -0.4 is 11.1 Å². The summed E-state index contributed by atoms with van der Waals surface area (Å²) in [7, 11) is 0. The van der Waals surface area contributed by atoms with Crippen LogP contribution in [0.15, 0.2) is 52.5 Å². The largest absolute Gasteiger partial charge is 0.512 e. The van der Waals surface area contributed by atoms with Crippen molar-refractivity contribution < 1.29 is 38.6 Å². The van der Waals surface area contributed by atoms with E-state index in [-0.39, 0.29) is 5.90 Å². The van der Waals surface area contributed by atoms with E-state index >= 15 is 0 Å². The molecule has 186 valence electrons. The summed E-state index contributed by atoms with van der Waals surface area (Å²) in [5.74, 6) is -5.81. The van der Waals surface area contributed by atoms with Crippen molar-refractivity contribution in [1.29, 1.82) is 0 Å². The number of hydrogen-bond acceptors (Lipinski definition) is 10. The SMILES string of the molecule is NC(=O)C1C(=O)C=CC(=O)C1=NC(C(=O)NC1C(=O)C2SC(Cl)C(OC(=O)O)=NC12)c1ccccc1. The van der Waals surface area contributed by atoms with E-state index in [1.54, 1.807) is 18.2 Å². The monoisotopic (exact) mass is 532 g/mol. The average molecular weight is 533 g/mol. The number of fused-ring (bicyclic) bond motifs is 1. The third kappa shape index (κ3) is 4.79. The minimum Gasteiger partial charge on any atom is -0.449 e. The molecule has 4 N–H and O–H groups in total. The molecule has 14 heteroatoms. The standard InChI is InChI=1S/C22H17ClN4O8S/c23-18-21(35-22(33)34)27-15-14(16(30)17(15)36-18)26-20(32)12(8-4-2-1-3-5-8)25-13-10(29)7-6-9(28)11(13)19(24)31/h1-7,11-12,14-15,17-18H,(H2,24,31)(H,26,32)(H,33,34). The third-order valence-corrected chi connectivity index (χ3v) is 7.33. The predicted octanol–water partition coefficient (Wildman–Crippen LogP) is 0.188. The van der Waals surface area contributed by atoms with Gasteiger partial charge in [-0.2, -0.15) is 0 Å². The first kappa shape index (κ1) is 25.3. The second kappa shape index (κ2) is 10.0. The zero-order valence-corrected chi connectivity index (χ0v) is 19.6.